The van der Waals surface area contributed by atoms with E-state index in [4.69, 9.17) is 5.11 Å². The Morgan fingerprint density at radius 1 is 1.33 bits per heavy atom. The van der Waals surface area contributed by atoms with E-state index < -0.39 is 0 Å². The Bertz CT molecular complexity index is 146. The van der Waals surface area contributed by atoms with E-state index in [0.29, 0.717) is 0 Å². The molecule has 1 atom stereocenters. The monoisotopic (exact) mass is 263 g/mol. The zero-order valence-corrected chi connectivity index (χ0v) is 10.4. The molecule has 1 rings (SSSR count). The first-order chi connectivity index (χ1) is 3.80. The Hall–Kier alpha value is 1.02. The van der Waals surface area contributed by atoms with Crippen LogP contribution in [0.15, 0.2) is 23.8 Å². The fraction of sp³-hybridized carbons (Fsp3) is 0.429. The smallest absolute Gasteiger partial charge is 1.00 e. The maximum absolute atomic E-state index is 8.94. The molecule has 12 heavy (non-hydrogen) atoms. The maximum Gasteiger partial charge on any atom is 3.00 e. The second kappa shape index (κ2) is 12.0. The van der Waals surface area contributed by atoms with Crippen LogP contribution in [0.4, 0.5) is 0 Å². The molecule has 0 fully saturated rings. The number of hydrogen-bond donors (Lipinski definition) is 1. The first-order valence-electron chi connectivity index (χ1n) is 2.84. The molecule has 0 heterocycles. The first-order valence-corrected chi connectivity index (χ1v) is 2.84. The van der Waals surface area contributed by atoms with Crippen LogP contribution >= 0.6 is 0 Å². The standard InChI is InChI=1S/C7H10O.3ClH.Ti/c1-6(8)7-4-2-3-5-7;;;;/h2-4,6,8H,5H2,1H3;3*1H;/q;;;;+3/p-3. The molecule has 0 saturated carbocycles. The van der Waals surface area contributed by atoms with Gasteiger partial charge < -0.3 is 42.3 Å². The van der Waals surface area contributed by atoms with Crippen molar-refractivity contribution in [1.82, 2.24) is 0 Å². The molecule has 1 unspecified atom stereocenters. The van der Waals surface area contributed by atoms with Gasteiger partial charge in [-0.15, -0.1) is 0 Å². The number of allylic oxidation sites excluding steroid dienone is 3. The average molecular weight is 264 g/mol. The fourth-order valence-corrected chi connectivity index (χ4v) is 0.774. The van der Waals surface area contributed by atoms with Gasteiger partial charge in [-0.2, -0.15) is 0 Å². The van der Waals surface area contributed by atoms with Gasteiger partial charge >= 0.3 is 21.7 Å². The van der Waals surface area contributed by atoms with Gasteiger partial charge in [0.2, 0.25) is 0 Å². The summed E-state index contributed by atoms with van der Waals surface area (Å²) < 4.78 is 0. The van der Waals surface area contributed by atoms with Crippen molar-refractivity contribution in [1.29, 1.82) is 0 Å². The predicted molar refractivity (Wildman–Crippen MR) is 33.5 cm³/mol. The van der Waals surface area contributed by atoms with E-state index in [1.54, 1.807) is 6.92 Å². The second-order valence-electron chi connectivity index (χ2n) is 2.05. The van der Waals surface area contributed by atoms with Crippen molar-refractivity contribution in [2.75, 3.05) is 0 Å². The van der Waals surface area contributed by atoms with E-state index in [9.17, 15) is 0 Å². The van der Waals surface area contributed by atoms with Crippen LogP contribution in [0.3, 0.4) is 0 Å². The molecule has 1 aliphatic carbocycles. The van der Waals surface area contributed by atoms with Crippen LogP contribution in [-0.2, 0) is 21.7 Å². The van der Waals surface area contributed by atoms with Gasteiger partial charge in [0.05, 0.1) is 6.10 Å². The largest absolute Gasteiger partial charge is 3.00 e. The van der Waals surface area contributed by atoms with Crippen LogP contribution in [0.25, 0.3) is 0 Å². The van der Waals surface area contributed by atoms with Gasteiger partial charge in [-0.3, -0.25) is 0 Å². The molecule has 0 aromatic carbocycles. The van der Waals surface area contributed by atoms with Gasteiger partial charge in [0.25, 0.3) is 0 Å². The minimum atomic E-state index is -0.259. The van der Waals surface area contributed by atoms with Gasteiger partial charge in [0, 0.05) is 0 Å². The Morgan fingerprint density at radius 3 is 2.00 bits per heavy atom. The Labute approximate surface area is 107 Å². The summed E-state index contributed by atoms with van der Waals surface area (Å²) in [5.41, 5.74) is 1.12. The summed E-state index contributed by atoms with van der Waals surface area (Å²) in [7, 11) is 0. The second-order valence-corrected chi connectivity index (χ2v) is 2.05. The van der Waals surface area contributed by atoms with Crippen molar-refractivity contribution < 1.29 is 64.0 Å². The van der Waals surface area contributed by atoms with Crippen molar-refractivity contribution in [3.63, 3.8) is 0 Å². The maximum atomic E-state index is 8.94. The third-order valence-electron chi connectivity index (χ3n) is 1.34. The molecule has 0 aromatic heterocycles. The number of hydrogen-bond acceptors (Lipinski definition) is 1. The summed E-state index contributed by atoms with van der Waals surface area (Å²) in [5.74, 6) is 0. The minimum absolute atomic E-state index is 0. The van der Waals surface area contributed by atoms with Crippen LogP contribution in [0, 0.1) is 0 Å². The third kappa shape index (κ3) is 7.66. The molecule has 0 aromatic rings. The van der Waals surface area contributed by atoms with Gasteiger partial charge in [0.1, 0.15) is 0 Å². The van der Waals surface area contributed by atoms with Crippen LogP contribution in [0.5, 0.6) is 0 Å². The molecule has 0 aliphatic heterocycles. The molecule has 1 N–H and O–H groups in total. The van der Waals surface area contributed by atoms with Gasteiger partial charge in [-0.25, -0.2) is 0 Å². The molecule has 0 saturated heterocycles. The Balaban J connectivity index is -0.0000000800. The zero-order valence-electron chi connectivity index (χ0n) is 6.60. The van der Waals surface area contributed by atoms with Gasteiger partial charge in [0.15, 0.2) is 0 Å². The van der Waals surface area contributed by atoms with Crippen LogP contribution in [0.1, 0.15) is 13.3 Å². The topological polar surface area (TPSA) is 20.2 Å². The fourth-order valence-electron chi connectivity index (χ4n) is 0.774. The van der Waals surface area contributed by atoms with Crippen LogP contribution < -0.4 is 37.2 Å². The van der Waals surface area contributed by atoms with E-state index in [0.717, 1.165) is 12.0 Å². The zero-order chi connectivity index (χ0) is 5.98. The number of aliphatic hydroxyl groups excluding tert-OH is 1. The molecular formula is C7H10Cl3OTi. The molecular weight excluding hydrogens is 254 g/mol. The molecule has 0 bridgehead atoms. The van der Waals surface area contributed by atoms with E-state index in [1.165, 1.54) is 0 Å². The molecule has 1 nitrogen and oxygen atoms in total. The van der Waals surface area contributed by atoms with Crippen LogP contribution in [0.2, 0.25) is 0 Å². The predicted octanol–water partition coefficient (Wildman–Crippen LogP) is -7.74. The Morgan fingerprint density at radius 2 is 1.83 bits per heavy atom. The normalized spacial score (nSPS) is 14.0. The van der Waals surface area contributed by atoms with E-state index in [2.05, 4.69) is 0 Å². The molecule has 5 heteroatoms. The van der Waals surface area contributed by atoms with Gasteiger partial charge in [-0.1, -0.05) is 18.2 Å². The molecule has 69 valence electrons. The van der Waals surface area contributed by atoms with E-state index in [-0.39, 0.29) is 65.0 Å². The summed E-state index contributed by atoms with van der Waals surface area (Å²) in [4.78, 5) is 0. The quantitative estimate of drug-likeness (QED) is 0.467. The average Bonchev–Trinajstić information content (AvgIpc) is 2.12. The number of aliphatic hydroxyl groups is 1. The number of rotatable bonds is 1. The minimum Gasteiger partial charge on any atom is -1.00 e. The number of halogens is 3. The summed E-state index contributed by atoms with van der Waals surface area (Å²) in [6.45, 7) is 1.79. The van der Waals surface area contributed by atoms with E-state index >= 15 is 0 Å². The Kier molecular flexibility index (Phi) is 23.2. The summed E-state index contributed by atoms with van der Waals surface area (Å²) in [6, 6.07) is 0. The summed E-state index contributed by atoms with van der Waals surface area (Å²) in [5, 5.41) is 8.94. The van der Waals surface area contributed by atoms with Crippen molar-refractivity contribution >= 4 is 0 Å². The molecule has 1 radical (unpaired) electrons. The summed E-state index contributed by atoms with van der Waals surface area (Å²) >= 11 is 0. The SMILES string of the molecule is CC(O)C1=CC=CC1.[Cl-].[Cl-].[Cl-].[Ti+3]. The molecule has 1 aliphatic rings. The van der Waals surface area contributed by atoms with Crippen molar-refractivity contribution in [3.05, 3.63) is 23.8 Å². The molecule has 0 spiro atoms. The van der Waals surface area contributed by atoms with Crippen molar-refractivity contribution in [2.24, 2.45) is 0 Å². The van der Waals surface area contributed by atoms with Crippen molar-refractivity contribution in [2.45, 2.75) is 19.4 Å². The van der Waals surface area contributed by atoms with E-state index in [1.807, 2.05) is 18.2 Å². The van der Waals surface area contributed by atoms with Crippen molar-refractivity contribution in [3.8, 4) is 0 Å². The third-order valence-corrected chi connectivity index (χ3v) is 1.34. The summed E-state index contributed by atoms with van der Waals surface area (Å²) in [6.07, 6.45) is 6.65. The molecule has 0 amide bonds. The first kappa shape index (κ1) is 23.1. The van der Waals surface area contributed by atoms with Gasteiger partial charge in [-0.05, 0) is 18.9 Å². The van der Waals surface area contributed by atoms with Crippen LogP contribution in [-0.4, -0.2) is 11.2 Å².